The standard InChI is InChI=1S/C25H32N4O4S/c26-24(30)21-7-5-13-28(18-21)17-19-9-11-22(12-10-19)27-25(31)20-6-4-8-23(16-20)34(32,33)29-14-2-1-3-15-29/h4,6,8-12,16,21H,1-3,5,7,13-15,17-18H2,(H2,26,30)(H,27,31). The van der Waals surface area contributed by atoms with Gasteiger partial charge in [0.25, 0.3) is 5.91 Å². The molecule has 0 saturated carbocycles. The van der Waals surface area contributed by atoms with Crippen molar-refractivity contribution in [2.75, 3.05) is 31.5 Å². The number of piperidine rings is 2. The normalized spacial score (nSPS) is 20.1. The SMILES string of the molecule is NC(=O)C1CCCN(Cc2ccc(NC(=O)c3cccc(S(=O)(=O)N4CCCCC4)c3)cc2)C1. The summed E-state index contributed by atoms with van der Waals surface area (Å²) in [4.78, 5) is 26.7. The first-order valence-electron chi connectivity index (χ1n) is 11.8. The average molecular weight is 485 g/mol. The third-order valence-corrected chi connectivity index (χ3v) is 8.47. The second-order valence-corrected chi connectivity index (χ2v) is 11.1. The maximum Gasteiger partial charge on any atom is 0.255 e. The summed E-state index contributed by atoms with van der Waals surface area (Å²) in [6.07, 6.45) is 4.56. The fourth-order valence-electron chi connectivity index (χ4n) is 4.64. The van der Waals surface area contributed by atoms with Crippen LogP contribution in [-0.2, 0) is 21.4 Å². The Hall–Kier alpha value is -2.75. The van der Waals surface area contributed by atoms with E-state index >= 15 is 0 Å². The monoisotopic (exact) mass is 484 g/mol. The number of nitrogens with zero attached hydrogens (tertiary/aromatic N) is 2. The Morgan fingerprint density at radius 2 is 1.71 bits per heavy atom. The van der Waals surface area contributed by atoms with E-state index in [1.807, 2.05) is 24.3 Å². The Morgan fingerprint density at radius 3 is 2.41 bits per heavy atom. The number of nitrogens with one attached hydrogen (secondary N) is 1. The van der Waals surface area contributed by atoms with Crippen molar-refractivity contribution >= 4 is 27.5 Å². The van der Waals surface area contributed by atoms with Crippen LogP contribution in [0.4, 0.5) is 5.69 Å². The van der Waals surface area contributed by atoms with Gasteiger partial charge in [-0.05, 0) is 68.1 Å². The van der Waals surface area contributed by atoms with E-state index in [0.717, 1.165) is 44.2 Å². The number of hydrogen-bond donors (Lipinski definition) is 2. The molecule has 0 spiro atoms. The zero-order chi connectivity index (χ0) is 24.1. The highest BCUT2D eigenvalue weighted by Crippen LogP contribution is 2.22. The minimum Gasteiger partial charge on any atom is -0.369 e. The Kier molecular flexibility index (Phi) is 7.65. The highest BCUT2D eigenvalue weighted by molar-refractivity contribution is 7.89. The van der Waals surface area contributed by atoms with Gasteiger partial charge in [0.15, 0.2) is 0 Å². The Morgan fingerprint density at radius 1 is 0.971 bits per heavy atom. The smallest absolute Gasteiger partial charge is 0.255 e. The predicted molar refractivity (Wildman–Crippen MR) is 131 cm³/mol. The largest absolute Gasteiger partial charge is 0.369 e. The van der Waals surface area contributed by atoms with Gasteiger partial charge in [-0.3, -0.25) is 14.5 Å². The minimum absolute atomic E-state index is 0.0956. The van der Waals surface area contributed by atoms with Crippen LogP contribution in [0, 0.1) is 5.92 Å². The summed E-state index contributed by atoms with van der Waals surface area (Å²) in [7, 11) is -3.60. The van der Waals surface area contributed by atoms with E-state index in [2.05, 4.69) is 10.2 Å². The van der Waals surface area contributed by atoms with Crippen LogP contribution in [-0.4, -0.2) is 55.6 Å². The molecule has 1 unspecified atom stereocenters. The molecule has 9 heteroatoms. The number of primary amides is 1. The van der Waals surface area contributed by atoms with Crippen molar-refractivity contribution < 1.29 is 18.0 Å². The molecule has 2 heterocycles. The molecular formula is C25H32N4O4S. The minimum atomic E-state index is -3.60. The molecule has 2 aliphatic heterocycles. The van der Waals surface area contributed by atoms with E-state index in [0.29, 0.717) is 37.4 Å². The third-order valence-electron chi connectivity index (χ3n) is 6.57. The van der Waals surface area contributed by atoms with Crippen LogP contribution in [0.3, 0.4) is 0 Å². The lowest BCUT2D eigenvalue weighted by Crippen LogP contribution is -2.40. The number of hydrogen-bond acceptors (Lipinski definition) is 5. The summed E-state index contributed by atoms with van der Waals surface area (Å²) in [5.41, 5.74) is 7.48. The summed E-state index contributed by atoms with van der Waals surface area (Å²) in [6, 6.07) is 13.8. The van der Waals surface area contributed by atoms with Crippen molar-refractivity contribution in [3.8, 4) is 0 Å². The van der Waals surface area contributed by atoms with Gasteiger partial charge in [-0.1, -0.05) is 24.6 Å². The molecule has 0 aliphatic carbocycles. The summed E-state index contributed by atoms with van der Waals surface area (Å²) in [6.45, 7) is 3.36. The highest BCUT2D eigenvalue weighted by Gasteiger charge is 2.27. The van der Waals surface area contributed by atoms with Crippen molar-refractivity contribution in [2.24, 2.45) is 11.7 Å². The molecule has 2 aromatic carbocycles. The zero-order valence-corrected chi connectivity index (χ0v) is 20.1. The van der Waals surface area contributed by atoms with E-state index in [-0.39, 0.29) is 22.6 Å². The first kappa shape index (κ1) is 24.4. The Labute approximate surface area is 201 Å². The predicted octanol–water partition coefficient (Wildman–Crippen LogP) is 2.81. The van der Waals surface area contributed by atoms with Crippen molar-refractivity contribution in [1.82, 2.24) is 9.21 Å². The molecule has 2 fully saturated rings. The van der Waals surface area contributed by atoms with Crippen molar-refractivity contribution in [3.05, 3.63) is 59.7 Å². The number of amides is 2. The number of nitrogens with two attached hydrogens (primary N) is 1. The van der Waals surface area contributed by atoms with Gasteiger partial charge in [-0.25, -0.2) is 8.42 Å². The van der Waals surface area contributed by atoms with Crippen LogP contribution in [0.5, 0.6) is 0 Å². The number of carbonyl (C=O) groups excluding carboxylic acids is 2. The fraction of sp³-hybridized carbons (Fsp3) is 0.440. The number of sulfonamides is 1. The number of carbonyl (C=O) groups is 2. The molecule has 0 bridgehead atoms. The molecule has 3 N–H and O–H groups in total. The summed E-state index contributed by atoms with van der Waals surface area (Å²) in [5, 5.41) is 2.85. The van der Waals surface area contributed by atoms with Gasteiger partial charge in [0.1, 0.15) is 0 Å². The lowest BCUT2D eigenvalue weighted by Gasteiger charge is -2.31. The Balaban J connectivity index is 1.38. The molecule has 0 aromatic heterocycles. The van der Waals surface area contributed by atoms with Gasteiger partial charge >= 0.3 is 0 Å². The van der Waals surface area contributed by atoms with Crippen LogP contribution in [0.1, 0.15) is 48.0 Å². The maximum absolute atomic E-state index is 12.9. The lowest BCUT2D eigenvalue weighted by atomic mass is 9.97. The van der Waals surface area contributed by atoms with Gasteiger partial charge in [-0.2, -0.15) is 4.31 Å². The summed E-state index contributed by atoms with van der Waals surface area (Å²) < 4.78 is 27.4. The Bertz CT molecular complexity index is 1130. The molecule has 2 aromatic rings. The lowest BCUT2D eigenvalue weighted by molar-refractivity contribution is -0.123. The molecule has 2 amide bonds. The molecule has 4 rings (SSSR count). The topological polar surface area (TPSA) is 113 Å². The maximum atomic E-state index is 12.9. The van der Waals surface area contributed by atoms with Crippen LogP contribution in [0.15, 0.2) is 53.4 Å². The molecule has 8 nitrogen and oxygen atoms in total. The molecule has 34 heavy (non-hydrogen) atoms. The van der Waals surface area contributed by atoms with Crippen LogP contribution in [0.25, 0.3) is 0 Å². The van der Waals surface area contributed by atoms with E-state index in [1.54, 1.807) is 18.2 Å². The van der Waals surface area contributed by atoms with Crippen molar-refractivity contribution in [2.45, 2.75) is 43.5 Å². The van der Waals surface area contributed by atoms with Gasteiger partial charge < -0.3 is 11.1 Å². The second-order valence-electron chi connectivity index (χ2n) is 9.12. The van der Waals surface area contributed by atoms with Crippen LogP contribution < -0.4 is 11.1 Å². The van der Waals surface area contributed by atoms with E-state index in [9.17, 15) is 18.0 Å². The van der Waals surface area contributed by atoms with E-state index in [4.69, 9.17) is 5.73 Å². The summed E-state index contributed by atoms with van der Waals surface area (Å²) in [5.74, 6) is -0.693. The highest BCUT2D eigenvalue weighted by atomic mass is 32.2. The van der Waals surface area contributed by atoms with Crippen molar-refractivity contribution in [3.63, 3.8) is 0 Å². The van der Waals surface area contributed by atoms with Crippen LogP contribution >= 0.6 is 0 Å². The first-order valence-corrected chi connectivity index (χ1v) is 13.3. The van der Waals surface area contributed by atoms with Gasteiger partial charge in [0, 0.05) is 37.4 Å². The van der Waals surface area contributed by atoms with Crippen LogP contribution in [0.2, 0.25) is 0 Å². The molecule has 2 aliphatic rings. The molecular weight excluding hydrogens is 452 g/mol. The summed E-state index contributed by atoms with van der Waals surface area (Å²) >= 11 is 0. The molecule has 182 valence electrons. The molecule has 0 radical (unpaired) electrons. The van der Waals surface area contributed by atoms with Gasteiger partial charge in [0.05, 0.1) is 10.8 Å². The fourth-order valence-corrected chi connectivity index (χ4v) is 6.20. The average Bonchev–Trinajstić information content (AvgIpc) is 2.86. The first-order chi connectivity index (χ1) is 16.3. The molecule has 2 saturated heterocycles. The van der Waals surface area contributed by atoms with E-state index < -0.39 is 10.0 Å². The van der Waals surface area contributed by atoms with E-state index in [1.165, 1.54) is 10.4 Å². The van der Waals surface area contributed by atoms with Gasteiger partial charge in [-0.15, -0.1) is 0 Å². The number of benzene rings is 2. The number of rotatable bonds is 7. The van der Waals surface area contributed by atoms with Crippen molar-refractivity contribution in [1.29, 1.82) is 0 Å². The molecule has 1 atom stereocenters. The number of likely N-dealkylation sites (tertiary alicyclic amines) is 1. The zero-order valence-electron chi connectivity index (χ0n) is 19.3. The second kappa shape index (κ2) is 10.7. The quantitative estimate of drug-likeness (QED) is 0.628. The third kappa shape index (κ3) is 5.84. The van der Waals surface area contributed by atoms with Gasteiger partial charge in [0.2, 0.25) is 15.9 Å². The number of anilines is 1.